The van der Waals surface area contributed by atoms with E-state index < -0.39 is 16.5 Å². The summed E-state index contributed by atoms with van der Waals surface area (Å²) in [5, 5.41) is 7.57. The Morgan fingerprint density at radius 3 is 1.55 bits per heavy atom. The second kappa shape index (κ2) is 13.6. The maximum Gasteiger partial charge on any atom is 2.00 e. The van der Waals surface area contributed by atoms with Crippen LogP contribution in [0.15, 0.2) is 0 Å². The summed E-state index contributed by atoms with van der Waals surface area (Å²) in [5.41, 5.74) is 0. The van der Waals surface area contributed by atoms with Crippen molar-refractivity contribution in [3.8, 4) is 0 Å². The van der Waals surface area contributed by atoms with Gasteiger partial charge >= 0.3 is 21.1 Å². The van der Waals surface area contributed by atoms with Crippen molar-refractivity contribution in [3.05, 3.63) is 0 Å². The first-order chi connectivity index (χ1) is 4.54. The number of aliphatic hydroxyl groups excluding tert-OH is 1. The largest absolute Gasteiger partial charge is 2.00 e. The molecule has 2 atom stereocenters. The molecule has 0 rings (SSSR count). The fraction of sp³-hybridized carbons (Fsp3) is 1.00. The smallest absolute Gasteiger partial charge is 0.781 e. The van der Waals surface area contributed by atoms with Crippen molar-refractivity contribution in [1.82, 2.24) is 0 Å². The van der Waals surface area contributed by atoms with Gasteiger partial charge in [-0.15, -0.1) is 0 Å². The zero-order valence-corrected chi connectivity index (χ0v) is 9.78. The molecule has 0 aromatic heterocycles. The van der Waals surface area contributed by atoms with E-state index >= 15 is 0 Å². The van der Waals surface area contributed by atoms with Crippen molar-refractivity contribution in [1.29, 1.82) is 0 Å². The third kappa shape index (κ3) is 35.7. The topological polar surface area (TPSA) is 110 Å². The average Bonchev–Trinajstić information content (AvgIpc) is 1.62. The molecule has 2 unspecified atom stereocenters. The molecule has 0 aromatic rings. The second-order valence-electron chi connectivity index (χ2n) is 0.918. The van der Waals surface area contributed by atoms with E-state index in [1.54, 1.807) is 6.92 Å². The van der Waals surface area contributed by atoms with Gasteiger partial charge in [-0.3, -0.25) is 4.31 Å². The van der Waals surface area contributed by atoms with Gasteiger partial charge in [0.05, 0.1) is 0 Å². The molecule has 0 heterocycles. The molecule has 9 heteroatoms. The molecule has 72 valence electrons. The van der Waals surface area contributed by atoms with Gasteiger partial charge in [0.1, 0.15) is 16.5 Å². The molecule has 0 radical (unpaired) electrons. The zero-order chi connectivity index (χ0) is 8.57. The van der Waals surface area contributed by atoms with Gasteiger partial charge in [0.15, 0.2) is 0 Å². The van der Waals surface area contributed by atoms with Gasteiger partial charge in [-0.1, -0.05) is 0 Å². The van der Waals surface area contributed by atoms with Gasteiger partial charge in [0.2, 0.25) is 0 Å². The minimum atomic E-state index is -3.51. The molecular formula is C2H8O6P2Pt. The second-order valence-corrected chi connectivity index (χ2v) is 2.73. The van der Waals surface area contributed by atoms with Gasteiger partial charge in [0.25, 0.3) is 0 Å². The maximum atomic E-state index is 9.29. The Kier molecular flexibility index (Phi) is 22.1. The first-order valence-electron chi connectivity index (χ1n) is 2.25. The van der Waals surface area contributed by atoms with Crippen molar-refractivity contribution >= 4 is 16.5 Å². The van der Waals surface area contributed by atoms with Crippen LogP contribution in [0.3, 0.4) is 0 Å². The number of aliphatic hydroxyl groups is 1. The molecule has 6 nitrogen and oxygen atoms in total. The van der Waals surface area contributed by atoms with Crippen LogP contribution >= 0.6 is 16.5 Å². The van der Waals surface area contributed by atoms with Gasteiger partial charge < -0.3 is 24.0 Å². The number of hydrogen-bond donors (Lipinski definition) is 1. The van der Waals surface area contributed by atoms with Gasteiger partial charge in [-0.05, 0) is 6.92 Å². The molecule has 0 aliphatic rings. The Morgan fingerprint density at radius 2 is 1.55 bits per heavy atom. The molecule has 11 heavy (non-hydrogen) atoms. The summed E-state index contributed by atoms with van der Waals surface area (Å²) in [4.78, 5) is 18.6. The molecule has 0 saturated heterocycles. The van der Waals surface area contributed by atoms with Crippen LogP contribution in [0.25, 0.3) is 0 Å². The summed E-state index contributed by atoms with van der Waals surface area (Å²) in [6.45, 7) is 1.93. The molecule has 0 saturated carbocycles. The fourth-order valence-electron chi connectivity index (χ4n) is 0.0680. The predicted molar refractivity (Wildman–Crippen MR) is 31.8 cm³/mol. The van der Waals surface area contributed by atoms with Crippen LogP contribution in [0.4, 0.5) is 0 Å². The Hall–Kier alpha value is 0.988. The standard InChI is InChI=1S/C2H6O.H4O5P2.Pt/c1-2-3;1-6(2)5-7(3)4;/h3H,2H2,1H3;6-7H,(H,1,2)(H,3,4);/q;;+2/p-2. The molecule has 0 aromatic carbocycles. The summed E-state index contributed by atoms with van der Waals surface area (Å²) in [6, 6.07) is 0. The first kappa shape index (κ1) is 17.9. The summed E-state index contributed by atoms with van der Waals surface area (Å²) >= 11 is 0. The summed E-state index contributed by atoms with van der Waals surface area (Å²) < 4.78 is 21.8. The van der Waals surface area contributed by atoms with E-state index in [0.29, 0.717) is 0 Å². The van der Waals surface area contributed by atoms with E-state index in [-0.39, 0.29) is 27.7 Å². The number of hydrogen-bond acceptors (Lipinski definition) is 6. The van der Waals surface area contributed by atoms with E-state index in [2.05, 4.69) is 4.31 Å². The minimum absolute atomic E-state index is 0. The zero-order valence-electron chi connectivity index (χ0n) is 5.51. The van der Waals surface area contributed by atoms with Gasteiger partial charge in [-0.2, -0.15) is 0 Å². The first-order valence-corrected chi connectivity index (χ1v) is 4.70. The molecule has 0 aliphatic heterocycles. The fourth-order valence-corrected chi connectivity index (χ4v) is 0.612. The van der Waals surface area contributed by atoms with E-state index in [1.807, 2.05) is 0 Å². The maximum absolute atomic E-state index is 9.29. The van der Waals surface area contributed by atoms with Crippen LogP contribution in [0.1, 0.15) is 6.92 Å². The molecule has 0 bridgehead atoms. The number of rotatable bonds is 2. The quantitative estimate of drug-likeness (QED) is 0.580. The molecule has 0 spiro atoms. The van der Waals surface area contributed by atoms with Crippen LogP contribution < -0.4 is 9.79 Å². The molecule has 1 N–H and O–H groups in total. The monoisotopic (exact) mass is 385 g/mol. The normalized spacial score (nSPS) is 13.5. The van der Waals surface area contributed by atoms with Crippen LogP contribution in [-0.4, -0.2) is 11.7 Å². The molecule has 0 aliphatic carbocycles. The third-order valence-electron chi connectivity index (χ3n) is 0.167. The minimum Gasteiger partial charge on any atom is -0.781 e. The molecule has 0 amide bonds. The van der Waals surface area contributed by atoms with Gasteiger partial charge in [-0.25, -0.2) is 0 Å². The van der Waals surface area contributed by atoms with Crippen molar-refractivity contribution in [3.63, 3.8) is 0 Å². The molecular weight excluding hydrogens is 377 g/mol. The van der Waals surface area contributed by atoms with Crippen molar-refractivity contribution in [2.24, 2.45) is 0 Å². The summed E-state index contributed by atoms with van der Waals surface area (Å²) in [6.07, 6.45) is 0. The van der Waals surface area contributed by atoms with Crippen molar-refractivity contribution < 1.29 is 49.4 Å². The van der Waals surface area contributed by atoms with Crippen molar-refractivity contribution in [2.45, 2.75) is 6.92 Å². The van der Waals surface area contributed by atoms with Crippen molar-refractivity contribution in [2.75, 3.05) is 6.61 Å². The summed E-state index contributed by atoms with van der Waals surface area (Å²) in [5.74, 6) is 0. The van der Waals surface area contributed by atoms with E-state index in [0.717, 1.165) is 0 Å². The van der Waals surface area contributed by atoms with Crippen LogP contribution in [0.2, 0.25) is 0 Å². The SMILES string of the molecule is CCO.O=[PH]([O-])O[PH](=O)[O-].[Pt+2]. The Balaban J connectivity index is -0.000000140. The van der Waals surface area contributed by atoms with E-state index in [1.165, 1.54) is 0 Å². The predicted octanol–water partition coefficient (Wildman–Crippen LogP) is -1.50. The third-order valence-corrected chi connectivity index (χ3v) is 1.50. The van der Waals surface area contributed by atoms with Crippen LogP contribution in [-0.2, 0) is 34.5 Å². The molecule has 0 fully saturated rings. The van der Waals surface area contributed by atoms with Gasteiger partial charge in [0, 0.05) is 6.61 Å². The average molecular weight is 385 g/mol. The van der Waals surface area contributed by atoms with E-state index in [9.17, 15) is 18.9 Å². The summed E-state index contributed by atoms with van der Waals surface area (Å²) in [7, 11) is -7.03. The Bertz CT molecular complexity index is 105. The van der Waals surface area contributed by atoms with Crippen LogP contribution in [0.5, 0.6) is 0 Å². The van der Waals surface area contributed by atoms with E-state index in [4.69, 9.17) is 5.11 Å². The Labute approximate surface area is 79.8 Å². The Morgan fingerprint density at radius 1 is 1.36 bits per heavy atom. The van der Waals surface area contributed by atoms with Crippen LogP contribution in [0, 0.1) is 0 Å².